The van der Waals surface area contributed by atoms with Gasteiger partial charge in [0.1, 0.15) is 6.61 Å². The average molecular weight is 267 g/mol. The van der Waals surface area contributed by atoms with Crippen molar-refractivity contribution in [1.29, 1.82) is 0 Å². The number of ether oxygens (including phenoxy) is 1. The van der Waals surface area contributed by atoms with Crippen LogP contribution in [0.2, 0.25) is 0 Å². The predicted molar refractivity (Wildman–Crippen MR) is 79.5 cm³/mol. The van der Waals surface area contributed by atoms with E-state index >= 15 is 0 Å². The lowest BCUT2D eigenvalue weighted by atomic mass is 9.92. The quantitative estimate of drug-likeness (QED) is 0.858. The Labute approximate surface area is 118 Å². The maximum absolute atomic E-state index is 11.7. The molecule has 1 aliphatic heterocycles. The van der Waals surface area contributed by atoms with E-state index in [1.165, 1.54) is 0 Å². The van der Waals surface area contributed by atoms with E-state index in [0.29, 0.717) is 0 Å². The summed E-state index contributed by atoms with van der Waals surface area (Å²) < 4.78 is 5.71. The summed E-state index contributed by atoms with van der Waals surface area (Å²) in [5.41, 5.74) is 3.62. The van der Waals surface area contributed by atoms with Gasteiger partial charge in [0.25, 0.3) is 0 Å². The normalized spacial score (nSPS) is 17.0. The minimum Gasteiger partial charge on any atom is -0.361 e. The average Bonchev–Trinajstić information content (AvgIpc) is 2.57. The lowest BCUT2D eigenvalue weighted by Gasteiger charge is -2.25. The highest BCUT2D eigenvalue weighted by Gasteiger charge is 2.29. The molecular weight excluding hydrogens is 250 g/mol. The van der Waals surface area contributed by atoms with Crippen molar-refractivity contribution in [3.8, 4) is 11.1 Å². The highest BCUT2D eigenvalue weighted by atomic mass is 16.5. The van der Waals surface area contributed by atoms with Crippen molar-refractivity contribution < 1.29 is 9.53 Å². The van der Waals surface area contributed by atoms with E-state index in [2.05, 4.69) is 23.5 Å². The zero-order chi connectivity index (χ0) is 14.2. The van der Waals surface area contributed by atoms with Crippen LogP contribution in [0.5, 0.6) is 0 Å². The van der Waals surface area contributed by atoms with Crippen LogP contribution in [0.3, 0.4) is 0 Å². The number of carbonyl (C=O) groups excluding carboxylic acids is 1. The SMILES string of the molecule is CC1(C)OCC(=O)Nc2ccc(-c3ccccc3)cc21. The van der Waals surface area contributed by atoms with Crippen molar-refractivity contribution in [2.24, 2.45) is 0 Å². The Balaban J connectivity index is 2.12. The zero-order valence-electron chi connectivity index (χ0n) is 11.6. The third kappa shape index (κ3) is 2.32. The number of amides is 1. The van der Waals surface area contributed by atoms with Crippen molar-refractivity contribution in [1.82, 2.24) is 0 Å². The number of carbonyl (C=O) groups is 1. The Hall–Kier alpha value is -2.13. The van der Waals surface area contributed by atoms with Crippen LogP contribution in [0.4, 0.5) is 5.69 Å². The van der Waals surface area contributed by atoms with Gasteiger partial charge in [-0.05, 0) is 37.1 Å². The van der Waals surface area contributed by atoms with Crippen LogP contribution in [-0.2, 0) is 15.1 Å². The van der Waals surface area contributed by atoms with Crippen LogP contribution in [0, 0.1) is 0 Å². The first-order valence-electron chi connectivity index (χ1n) is 6.70. The molecule has 0 saturated heterocycles. The molecule has 2 aromatic rings. The van der Waals surface area contributed by atoms with Gasteiger partial charge in [0, 0.05) is 11.3 Å². The topological polar surface area (TPSA) is 38.3 Å². The molecule has 1 amide bonds. The largest absolute Gasteiger partial charge is 0.361 e. The lowest BCUT2D eigenvalue weighted by Crippen LogP contribution is -2.22. The third-order valence-electron chi connectivity index (χ3n) is 3.61. The second-order valence-electron chi connectivity index (χ2n) is 5.47. The van der Waals surface area contributed by atoms with Gasteiger partial charge in [-0.3, -0.25) is 4.79 Å². The molecule has 0 aliphatic carbocycles. The molecule has 3 rings (SSSR count). The van der Waals surface area contributed by atoms with Crippen molar-refractivity contribution in [2.75, 3.05) is 11.9 Å². The molecule has 0 bridgehead atoms. The molecule has 0 unspecified atom stereocenters. The van der Waals surface area contributed by atoms with Gasteiger partial charge in [-0.2, -0.15) is 0 Å². The monoisotopic (exact) mass is 267 g/mol. The van der Waals surface area contributed by atoms with Crippen LogP contribution in [-0.4, -0.2) is 12.5 Å². The van der Waals surface area contributed by atoms with Crippen molar-refractivity contribution >= 4 is 11.6 Å². The van der Waals surface area contributed by atoms with E-state index in [0.717, 1.165) is 22.4 Å². The fourth-order valence-electron chi connectivity index (χ4n) is 2.47. The molecule has 0 aromatic heterocycles. The smallest absolute Gasteiger partial charge is 0.250 e. The van der Waals surface area contributed by atoms with E-state index < -0.39 is 5.60 Å². The maximum atomic E-state index is 11.7. The molecule has 102 valence electrons. The zero-order valence-corrected chi connectivity index (χ0v) is 11.6. The number of rotatable bonds is 1. The summed E-state index contributed by atoms with van der Waals surface area (Å²) in [6, 6.07) is 16.3. The number of fused-ring (bicyclic) bond motifs is 1. The second kappa shape index (κ2) is 4.76. The summed E-state index contributed by atoms with van der Waals surface area (Å²) in [4.78, 5) is 11.7. The van der Waals surface area contributed by atoms with Gasteiger partial charge in [0.05, 0.1) is 5.60 Å². The number of anilines is 1. The standard InChI is InChI=1S/C17H17NO2/c1-17(2)14-10-13(12-6-4-3-5-7-12)8-9-15(14)18-16(19)11-20-17/h3-10H,11H2,1-2H3,(H,18,19). The van der Waals surface area contributed by atoms with Crippen LogP contribution < -0.4 is 5.32 Å². The van der Waals surface area contributed by atoms with Gasteiger partial charge in [-0.1, -0.05) is 36.4 Å². The van der Waals surface area contributed by atoms with Crippen molar-refractivity contribution in [3.63, 3.8) is 0 Å². The molecule has 1 heterocycles. The van der Waals surface area contributed by atoms with E-state index in [9.17, 15) is 4.79 Å². The van der Waals surface area contributed by atoms with Crippen molar-refractivity contribution in [3.05, 3.63) is 54.1 Å². The Morgan fingerprint density at radius 1 is 1.05 bits per heavy atom. The summed E-state index contributed by atoms with van der Waals surface area (Å²) in [5.74, 6) is -0.107. The molecule has 20 heavy (non-hydrogen) atoms. The molecule has 0 saturated carbocycles. The molecule has 1 N–H and O–H groups in total. The number of hydrogen-bond donors (Lipinski definition) is 1. The number of nitrogens with one attached hydrogen (secondary N) is 1. The summed E-state index contributed by atoms with van der Waals surface area (Å²) >= 11 is 0. The van der Waals surface area contributed by atoms with Gasteiger partial charge in [0.2, 0.25) is 5.91 Å². The van der Waals surface area contributed by atoms with Crippen LogP contribution >= 0.6 is 0 Å². The lowest BCUT2D eigenvalue weighted by molar-refractivity contribution is -0.125. The van der Waals surface area contributed by atoms with Crippen LogP contribution in [0.1, 0.15) is 19.4 Å². The molecule has 1 aliphatic rings. The molecule has 3 nitrogen and oxygen atoms in total. The molecular formula is C17H17NO2. The number of benzene rings is 2. The molecule has 0 radical (unpaired) electrons. The summed E-state index contributed by atoms with van der Waals surface area (Å²) in [6.45, 7) is 4.06. The molecule has 2 aromatic carbocycles. The Kier molecular flexibility index (Phi) is 3.07. The molecule has 0 spiro atoms. The van der Waals surface area contributed by atoms with E-state index in [1.54, 1.807) is 0 Å². The van der Waals surface area contributed by atoms with Crippen LogP contribution in [0.15, 0.2) is 48.5 Å². The minimum absolute atomic E-state index is 0.0857. The fourth-order valence-corrected chi connectivity index (χ4v) is 2.47. The van der Waals surface area contributed by atoms with Gasteiger partial charge < -0.3 is 10.1 Å². The first-order valence-corrected chi connectivity index (χ1v) is 6.70. The Morgan fingerprint density at radius 2 is 1.80 bits per heavy atom. The first-order chi connectivity index (χ1) is 9.56. The highest BCUT2D eigenvalue weighted by Crippen LogP contribution is 2.36. The third-order valence-corrected chi connectivity index (χ3v) is 3.61. The summed E-state index contributed by atoms with van der Waals surface area (Å²) in [6.07, 6.45) is 0. The molecule has 0 fully saturated rings. The Bertz CT molecular complexity index is 647. The van der Waals surface area contributed by atoms with Gasteiger partial charge in [-0.15, -0.1) is 0 Å². The molecule has 0 atom stereocenters. The van der Waals surface area contributed by atoms with Crippen molar-refractivity contribution in [2.45, 2.75) is 19.4 Å². The van der Waals surface area contributed by atoms with Crippen LogP contribution in [0.25, 0.3) is 11.1 Å². The van der Waals surface area contributed by atoms with E-state index in [1.807, 2.05) is 44.2 Å². The van der Waals surface area contributed by atoms with Gasteiger partial charge in [0.15, 0.2) is 0 Å². The van der Waals surface area contributed by atoms with Gasteiger partial charge >= 0.3 is 0 Å². The fraction of sp³-hybridized carbons (Fsp3) is 0.235. The van der Waals surface area contributed by atoms with E-state index in [4.69, 9.17) is 4.74 Å². The Morgan fingerprint density at radius 3 is 2.55 bits per heavy atom. The minimum atomic E-state index is -0.487. The summed E-state index contributed by atoms with van der Waals surface area (Å²) in [7, 11) is 0. The number of hydrogen-bond acceptors (Lipinski definition) is 2. The summed E-state index contributed by atoms with van der Waals surface area (Å²) in [5, 5.41) is 2.89. The van der Waals surface area contributed by atoms with Gasteiger partial charge in [-0.25, -0.2) is 0 Å². The molecule has 3 heteroatoms. The maximum Gasteiger partial charge on any atom is 0.250 e. The highest BCUT2D eigenvalue weighted by molar-refractivity contribution is 5.93. The predicted octanol–water partition coefficient (Wildman–Crippen LogP) is 3.56. The van der Waals surface area contributed by atoms with E-state index in [-0.39, 0.29) is 12.5 Å². The first kappa shape index (κ1) is 12.9. The second-order valence-corrected chi connectivity index (χ2v) is 5.47.